The summed E-state index contributed by atoms with van der Waals surface area (Å²) in [5, 5.41) is 10.8. The Balaban J connectivity index is 1.72. The minimum Gasteiger partial charge on any atom is -0.503 e. The first-order chi connectivity index (χ1) is 13.0. The number of thiophene rings is 1. The molecule has 1 aliphatic carbocycles. The molecule has 0 radical (unpaired) electrons. The van der Waals surface area contributed by atoms with E-state index in [0.29, 0.717) is 17.5 Å². The maximum atomic E-state index is 12.6. The zero-order chi connectivity index (χ0) is 19.1. The van der Waals surface area contributed by atoms with Gasteiger partial charge in [-0.2, -0.15) is 0 Å². The van der Waals surface area contributed by atoms with Gasteiger partial charge in [0.25, 0.3) is 5.56 Å². The monoisotopic (exact) mass is 402 g/mol. The Bertz CT molecular complexity index is 1120. The molecule has 5 nitrogen and oxygen atoms in total. The number of aromatic nitrogens is 2. The average molecular weight is 403 g/mol. The zero-order valence-corrected chi connectivity index (χ0v) is 16.6. The molecule has 2 aromatic heterocycles. The van der Waals surface area contributed by atoms with Crippen LogP contribution in [0.2, 0.25) is 5.02 Å². The van der Waals surface area contributed by atoms with Crippen molar-refractivity contribution in [2.45, 2.75) is 26.2 Å². The molecule has 0 fully saturated rings. The number of aryl methyl sites for hydroxylation is 1. The third kappa shape index (κ3) is 3.35. The van der Waals surface area contributed by atoms with E-state index < -0.39 is 0 Å². The van der Waals surface area contributed by atoms with Gasteiger partial charge >= 0.3 is 0 Å². The lowest BCUT2D eigenvalue weighted by Gasteiger charge is -2.17. The maximum Gasteiger partial charge on any atom is 0.260 e. The number of nitrogens with one attached hydrogen (secondary N) is 1. The van der Waals surface area contributed by atoms with Crippen LogP contribution in [-0.4, -0.2) is 22.2 Å². The Hall–Kier alpha value is -2.31. The molecule has 1 aliphatic rings. The number of halogens is 1. The molecule has 0 aliphatic heterocycles. The van der Waals surface area contributed by atoms with Gasteiger partial charge in [-0.3, -0.25) is 4.79 Å². The smallest absolute Gasteiger partial charge is 0.260 e. The van der Waals surface area contributed by atoms with Crippen molar-refractivity contribution >= 4 is 45.3 Å². The van der Waals surface area contributed by atoms with Crippen LogP contribution in [0.5, 0.6) is 11.5 Å². The van der Waals surface area contributed by atoms with Crippen LogP contribution in [0.4, 0.5) is 0 Å². The zero-order valence-electron chi connectivity index (χ0n) is 15.0. The highest BCUT2D eigenvalue weighted by Crippen LogP contribution is 2.36. The highest BCUT2D eigenvalue weighted by molar-refractivity contribution is 7.18. The highest BCUT2D eigenvalue weighted by Gasteiger charge is 2.22. The van der Waals surface area contributed by atoms with Gasteiger partial charge in [-0.25, -0.2) is 4.98 Å². The van der Waals surface area contributed by atoms with Crippen LogP contribution in [0, 0.1) is 5.92 Å². The van der Waals surface area contributed by atoms with Gasteiger partial charge in [0.15, 0.2) is 11.5 Å². The van der Waals surface area contributed by atoms with Crippen LogP contribution in [0.3, 0.4) is 0 Å². The Morgan fingerprint density at radius 1 is 1.41 bits per heavy atom. The molecule has 0 saturated carbocycles. The molecule has 3 aromatic rings. The molecule has 140 valence electrons. The molecule has 0 saturated heterocycles. The minimum atomic E-state index is -0.0948. The van der Waals surface area contributed by atoms with Crippen LogP contribution in [0.1, 0.15) is 35.2 Å². The highest BCUT2D eigenvalue weighted by atomic mass is 35.5. The topological polar surface area (TPSA) is 75.2 Å². The minimum absolute atomic E-state index is 0.0898. The number of aromatic amines is 1. The summed E-state index contributed by atoms with van der Waals surface area (Å²) in [6, 6.07) is 3.29. The van der Waals surface area contributed by atoms with E-state index in [1.54, 1.807) is 35.6 Å². The van der Waals surface area contributed by atoms with E-state index >= 15 is 0 Å². The van der Waals surface area contributed by atoms with E-state index in [-0.39, 0.29) is 16.3 Å². The van der Waals surface area contributed by atoms with Crippen molar-refractivity contribution in [1.29, 1.82) is 0 Å². The molecule has 1 aromatic carbocycles. The van der Waals surface area contributed by atoms with Gasteiger partial charge in [-0.05, 0) is 54.5 Å². The van der Waals surface area contributed by atoms with Gasteiger partial charge in [-0.1, -0.05) is 24.6 Å². The second-order valence-corrected chi connectivity index (χ2v) is 8.36. The summed E-state index contributed by atoms with van der Waals surface area (Å²) in [6.45, 7) is 2.25. The fourth-order valence-corrected chi connectivity index (χ4v) is 5.07. The van der Waals surface area contributed by atoms with Crippen LogP contribution in [0.15, 0.2) is 16.9 Å². The van der Waals surface area contributed by atoms with E-state index in [1.165, 1.54) is 17.6 Å². The van der Waals surface area contributed by atoms with E-state index in [2.05, 4.69) is 16.9 Å². The molecule has 0 amide bonds. The standard InChI is InChI=1S/C20H19ClN2O3S/c1-10-3-5-12-15(7-10)27-20-17(12)19(25)22-16(23-20)6-4-11-8-13(21)18(24)14(9-11)26-2/h4,6,8-10,24H,3,5,7H2,1-2H3,(H,22,23,25)/b6-4+/t10-/m0/s1. The number of ether oxygens (including phenoxy) is 1. The van der Waals surface area contributed by atoms with Gasteiger partial charge in [0.1, 0.15) is 10.7 Å². The largest absolute Gasteiger partial charge is 0.503 e. The van der Waals surface area contributed by atoms with Crippen molar-refractivity contribution in [3.8, 4) is 11.5 Å². The molecule has 27 heavy (non-hydrogen) atoms. The van der Waals surface area contributed by atoms with Gasteiger partial charge < -0.3 is 14.8 Å². The normalized spacial score (nSPS) is 16.8. The Morgan fingerprint density at radius 2 is 2.22 bits per heavy atom. The van der Waals surface area contributed by atoms with Crippen molar-refractivity contribution in [1.82, 2.24) is 9.97 Å². The Labute approximate surface area is 165 Å². The number of nitrogens with zero attached hydrogens (tertiary/aromatic N) is 1. The third-order valence-electron chi connectivity index (χ3n) is 4.89. The van der Waals surface area contributed by atoms with E-state index in [0.717, 1.165) is 35.0 Å². The molecule has 2 N–H and O–H groups in total. The molecule has 0 spiro atoms. The van der Waals surface area contributed by atoms with Crippen molar-refractivity contribution in [2.24, 2.45) is 5.92 Å². The number of aromatic hydroxyl groups is 1. The number of phenolic OH excluding ortho intramolecular Hbond substituents is 1. The first-order valence-electron chi connectivity index (χ1n) is 8.75. The molecule has 0 bridgehead atoms. The first kappa shape index (κ1) is 18.1. The summed E-state index contributed by atoms with van der Waals surface area (Å²) in [6.07, 6.45) is 6.58. The maximum absolute atomic E-state index is 12.6. The van der Waals surface area contributed by atoms with Gasteiger partial charge in [0.2, 0.25) is 0 Å². The van der Waals surface area contributed by atoms with E-state index in [9.17, 15) is 9.90 Å². The molecule has 7 heteroatoms. The second kappa shape index (κ2) is 7.02. The fourth-order valence-electron chi connectivity index (χ4n) is 3.47. The Kier molecular flexibility index (Phi) is 4.70. The number of methoxy groups -OCH3 is 1. The molecular formula is C20H19ClN2O3S. The van der Waals surface area contributed by atoms with Crippen LogP contribution >= 0.6 is 22.9 Å². The average Bonchev–Trinajstić information content (AvgIpc) is 3.00. The number of hydrogen-bond acceptors (Lipinski definition) is 5. The number of hydrogen-bond donors (Lipinski definition) is 2. The first-order valence-corrected chi connectivity index (χ1v) is 9.95. The number of fused-ring (bicyclic) bond motifs is 3. The number of benzene rings is 1. The molecule has 1 atom stereocenters. The summed E-state index contributed by atoms with van der Waals surface area (Å²) >= 11 is 7.64. The van der Waals surface area contributed by atoms with Crippen molar-refractivity contribution in [2.75, 3.05) is 7.11 Å². The summed E-state index contributed by atoms with van der Waals surface area (Å²) < 4.78 is 5.11. The fraction of sp³-hybridized carbons (Fsp3) is 0.300. The number of H-pyrrole nitrogens is 1. The summed E-state index contributed by atoms with van der Waals surface area (Å²) in [7, 11) is 1.46. The summed E-state index contributed by atoms with van der Waals surface area (Å²) in [5.41, 5.74) is 1.82. The van der Waals surface area contributed by atoms with E-state index in [4.69, 9.17) is 16.3 Å². The molecule has 4 rings (SSSR count). The SMILES string of the molecule is COc1cc(/C=C/c2nc3sc4c(c3c(=O)[nH]2)CC[C@H](C)C4)cc(Cl)c1O. The Morgan fingerprint density at radius 3 is 3.00 bits per heavy atom. The lowest BCUT2D eigenvalue weighted by molar-refractivity contribution is 0.373. The van der Waals surface area contributed by atoms with Crippen LogP contribution < -0.4 is 10.3 Å². The lowest BCUT2D eigenvalue weighted by Crippen LogP contribution is -2.13. The van der Waals surface area contributed by atoms with Crippen LogP contribution in [-0.2, 0) is 12.8 Å². The quantitative estimate of drug-likeness (QED) is 0.668. The second-order valence-electron chi connectivity index (χ2n) is 6.87. The van der Waals surface area contributed by atoms with Crippen molar-refractivity contribution in [3.63, 3.8) is 0 Å². The number of rotatable bonds is 3. The third-order valence-corrected chi connectivity index (χ3v) is 6.32. The summed E-state index contributed by atoms with van der Waals surface area (Å²) in [4.78, 5) is 22.2. The predicted molar refractivity (Wildman–Crippen MR) is 110 cm³/mol. The van der Waals surface area contributed by atoms with E-state index in [1.807, 2.05) is 0 Å². The van der Waals surface area contributed by atoms with Gasteiger partial charge in [0, 0.05) is 4.88 Å². The number of phenols is 1. The molecular weight excluding hydrogens is 384 g/mol. The predicted octanol–water partition coefficient (Wildman–Crippen LogP) is 4.65. The van der Waals surface area contributed by atoms with Crippen molar-refractivity contribution < 1.29 is 9.84 Å². The molecule has 2 heterocycles. The van der Waals surface area contributed by atoms with Crippen LogP contribution in [0.25, 0.3) is 22.4 Å². The van der Waals surface area contributed by atoms with Gasteiger partial charge in [0.05, 0.1) is 17.5 Å². The van der Waals surface area contributed by atoms with Crippen molar-refractivity contribution in [3.05, 3.63) is 49.3 Å². The molecule has 0 unspecified atom stereocenters. The summed E-state index contributed by atoms with van der Waals surface area (Å²) in [5.74, 6) is 1.34. The van der Waals surface area contributed by atoms with Gasteiger partial charge in [-0.15, -0.1) is 11.3 Å². The lowest BCUT2D eigenvalue weighted by atomic mass is 9.89.